The van der Waals surface area contributed by atoms with E-state index < -0.39 is 0 Å². The summed E-state index contributed by atoms with van der Waals surface area (Å²) < 4.78 is 0. The molecule has 0 saturated heterocycles. The van der Waals surface area contributed by atoms with Crippen molar-refractivity contribution in [2.45, 2.75) is 0 Å². The fourth-order valence-electron chi connectivity index (χ4n) is 2.19. The molecular weight excluding hydrogens is 264 g/mol. The maximum atomic E-state index is 11.3. The Balaban J connectivity index is 2.09. The van der Waals surface area contributed by atoms with E-state index >= 15 is 0 Å². The first-order chi connectivity index (χ1) is 10.2. The summed E-state index contributed by atoms with van der Waals surface area (Å²) in [5, 5.41) is 12.3. The van der Waals surface area contributed by atoms with Gasteiger partial charge in [0, 0.05) is 17.7 Å². The summed E-state index contributed by atoms with van der Waals surface area (Å²) in [6.45, 7) is 0. The van der Waals surface area contributed by atoms with E-state index in [0.717, 1.165) is 16.5 Å². The molecule has 0 unspecified atom stereocenters. The highest BCUT2D eigenvalue weighted by atomic mass is 16.6. The molecule has 0 atom stereocenters. The summed E-state index contributed by atoms with van der Waals surface area (Å²) in [7, 11) is 0. The standard InChI is InChI=1S/C17H12N2O2/c20-19(21)17(14-5-2-1-3-6-14)12-13-8-9-16-15(11-13)7-4-10-18-16/h1-12H. The second kappa shape index (κ2) is 5.54. The van der Waals surface area contributed by atoms with Crippen molar-refractivity contribution < 1.29 is 4.92 Å². The molecule has 2 aromatic carbocycles. The van der Waals surface area contributed by atoms with Crippen LogP contribution in [0.5, 0.6) is 0 Å². The van der Waals surface area contributed by atoms with E-state index in [1.54, 1.807) is 36.5 Å². The Morgan fingerprint density at radius 1 is 1.05 bits per heavy atom. The third kappa shape index (κ3) is 2.79. The van der Waals surface area contributed by atoms with E-state index in [9.17, 15) is 10.1 Å². The largest absolute Gasteiger partial charge is 0.277 e. The van der Waals surface area contributed by atoms with E-state index in [2.05, 4.69) is 4.98 Å². The second-order valence-electron chi connectivity index (χ2n) is 4.61. The van der Waals surface area contributed by atoms with E-state index in [4.69, 9.17) is 0 Å². The smallest absolute Gasteiger partial charge is 0.258 e. The summed E-state index contributed by atoms with van der Waals surface area (Å²) in [6, 6.07) is 18.3. The average Bonchev–Trinajstić information content (AvgIpc) is 2.53. The predicted octanol–water partition coefficient (Wildman–Crippen LogP) is 4.01. The zero-order chi connectivity index (χ0) is 14.7. The van der Waals surface area contributed by atoms with Crippen LogP contribution in [-0.4, -0.2) is 9.91 Å². The molecule has 102 valence electrons. The van der Waals surface area contributed by atoms with Crippen molar-refractivity contribution in [3.05, 3.63) is 88.1 Å². The van der Waals surface area contributed by atoms with Gasteiger partial charge in [0.1, 0.15) is 0 Å². The van der Waals surface area contributed by atoms with Gasteiger partial charge in [0.05, 0.1) is 16.0 Å². The van der Waals surface area contributed by atoms with Crippen LogP contribution in [0, 0.1) is 10.1 Å². The topological polar surface area (TPSA) is 56.0 Å². The minimum atomic E-state index is -0.358. The first-order valence-corrected chi connectivity index (χ1v) is 6.50. The van der Waals surface area contributed by atoms with Gasteiger partial charge >= 0.3 is 0 Å². The molecule has 0 radical (unpaired) electrons. The third-order valence-electron chi connectivity index (χ3n) is 3.20. The molecule has 0 N–H and O–H groups in total. The Kier molecular flexibility index (Phi) is 3.43. The van der Waals surface area contributed by atoms with Crippen LogP contribution < -0.4 is 0 Å². The summed E-state index contributed by atoms with van der Waals surface area (Å²) >= 11 is 0. The van der Waals surface area contributed by atoms with E-state index in [1.807, 2.05) is 36.4 Å². The first-order valence-electron chi connectivity index (χ1n) is 6.50. The molecule has 0 bridgehead atoms. The van der Waals surface area contributed by atoms with Gasteiger partial charge in [-0.15, -0.1) is 0 Å². The lowest BCUT2D eigenvalue weighted by Gasteiger charge is -2.01. The van der Waals surface area contributed by atoms with Crippen LogP contribution in [-0.2, 0) is 0 Å². The number of hydrogen-bond donors (Lipinski definition) is 0. The van der Waals surface area contributed by atoms with Crippen LogP contribution in [0.25, 0.3) is 22.7 Å². The van der Waals surface area contributed by atoms with Gasteiger partial charge in [-0.25, -0.2) is 0 Å². The normalized spacial score (nSPS) is 11.5. The molecule has 4 nitrogen and oxygen atoms in total. The molecule has 3 rings (SSSR count). The van der Waals surface area contributed by atoms with Gasteiger partial charge in [-0.3, -0.25) is 15.1 Å². The lowest BCUT2D eigenvalue weighted by atomic mass is 10.1. The van der Waals surface area contributed by atoms with Crippen molar-refractivity contribution >= 4 is 22.7 Å². The summed E-state index contributed by atoms with van der Waals surface area (Å²) in [5.74, 6) is 0. The molecule has 0 fully saturated rings. The van der Waals surface area contributed by atoms with Crippen LogP contribution in [0.2, 0.25) is 0 Å². The number of nitro groups is 1. The Morgan fingerprint density at radius 3 is 2.62 bits per heavy atom. The molecule has 0 amide bonds. The van der Waals surface area contributed by atoms with Crippen molar-refractivity contribution in [1.82, 2.24) is 4.98 Å². The van der Waals surface area contributed by atoms with E-state index in [0.29, 0.717) is 5.56 Å². The Labute approximate surface area is 121 Å². The zero-order valence-electron chi connectivity index (χ0n) is 11.1. The molecule has 0 saturated carbocycles. The van der Waals surface area contributed by atoms with Crippen molar-refractivity contribution in [3.63, 3.8) is 0 Å². The van der Waals surface area contributed by atoms with Crippen molar-refractivity contribution in [3.8, 4) is 0 Å². The number of pyridine rings is 1. The van der Waals surface area contributed by atoms with Crippen molar-refractivity contribution in [1.29, 1.82) is 0 Å². The quantitative estimate of drug-likeness (QED) is 0.412. The van der Waals surface area contributed by atoms with Gasteiger partial charge in [0.25, 0.3) is 5.70 Å². The molecule has 0 aliphatic rings. The summed E-state index contributed by atoms with van der Waals surface area (Å²) in [4.78, 5) is 15.2. The van der Waals surface area contributed by atoms with E-state index in [-0.39, 0.29) is 10.6 Å². The van der Waals surface area contributed by atoms with Gasteiger partial charge < -0.3 is 0 Å². The van der Waals surface area contributed by atoms with Crippen LogP contribution in [0.4, 0.5) is 0 Å². The average molecular weight is 276 g/mol. The van der Waals surface area contributed by atoms with Gasteiger partial charge in [-0.2, -0.15) is 0 Å². The fraction of sp³-hybridized carbons (Fsp3) is 0. The SMILES string of the molecule is O=[N+]([O-])C(=Cc1ccc2ncccc2c1)c1ccccc1. The molecule has 0 spiro atoms. The highest BCUT2D eigenvalue weighted by Crippen LogP contribution is 2.21. The number of hydrogen-bond acceptors (Lipinski definition) is 3. The Hall–Kier alpha value is -3.01. The molecule has 0 aliphatic carbocycles. The minimum Gasteiger partial charge on any atom is -0.258 e. The van der Waals surface area contributed by atoms with Gasteiger partial charge in [0.2, 0.25) is 0 Å². The molecule has 1 aromatic heterocycles. The zero-order valence-corrected chi connectivity index (χ0v) is 11.1. The van der Waals surface area contributed by atoms with E-state index in [1.165, 1.54) is 0 Å². The maximum absolute atomic E-state index is 11.3. The van der Waals surface area contributed by atoms with Gasteiger partial charge in [0.15, 0.2) is 0 Å². The first kappa shape index (κ1) is 13.0. The fourth-order valence-corrected chi connectivity index (χ4v) is 2.19. The molecule has 0 aliphatic heterocycles. The highest BCUT2D eigenvalue weighted by molar-refractivity contribution is 5.84. The van der Waals surface area contributed by atoms with Crippen molar-refractivity contribution in [2.75, 3.05) is 0 Å². The van der Waals surface area contributed by atoms with Gasteiger partial charge in [-0.1, -0.05) is 30.3 Å². The lowest BCUT2D eigenvalue weighted by Crippen LogP contribution is -1.97. The molecule has 1 heterocycles. The van der Waals surface area contributed by atoms with Crippen LogP contribution in [0.1, 0.15) is 11.1 Å². The maximum Gasteiger partial charge on any atom is 0.277 e. The Morgan fingerprint density at radius 2 is 1.86 bits per heavy atom. The molecule has 21 heavy (non-hydrogen) atoms. The lowest BCUT2D eigenvalue weighted by molar-refractivity contribution is -0.374. The third-order valence-corrected chi connectivity index (χ3v) is 3.20. The monoisotopic (exact) mass is 276 g/mol. The highest BCUT2D eigenvalue weighted by Gasteiger charge is 2.13. The number of benzene rings is 2. The predicted molar refractivity (Wildman–Crippen MR) is 83.1 cm³/mol. The number of fused-ring (bicyclic) bond motifs is 1. The minimum absolute atomic E-state index is 0.0823. The second-order valence-corrected chi connectivity index (χ2v) is 4.61. The number of aromatic nitrogens is 1. The summed E-state index contributed by atoms with van der Waals surface area (Å²) in [6.07, 6.45) is 3.31. The van der Waals surface area contributed by atoms with Crippen molar-refractivity contribution in [2.24, 2.45) is 0 Å². The van der Waals surface area contributed by atoms with Crippen LogP contribution >= 0.6 is 0 Å². The summed E-state index contributed by atoms with van der Waals surface area (Å²) in [5.41, 5.74) is 2.33. The molecule has 3 aromatic rings. The Bertz CT molecular complexity index is 826. The number of nitrogens with zero attached hydrogens (tertiary/aromatic N) is 2. The molecular formula is C17H12N2O2. The molecule has 4 heteroatoms. The van der Waals surface area contributed by atoms with Crippen LogP contribution in [0.15, 0.2) is 66.9 Å². The van der Waals surface area contributed by atoms with Crippen LogP contribution in [0.3, 0.4) is 0 Å². The number of rotatable bonds is 3. The van der Waals surface area contributed by atoms with Gasteiger partial charge in [-0.05, 0) is 35.9 Å².